The number of nitrogens with zero attached hydrogens (tertiary/aromatic N) is 4. The maximum Gasteiger partial charge on any atom is 0.135 e. The van der Waals surface area contributed by atoms with Crippen molar-refractivity contribution in [1.29, 1.82) is 0 Å². The standard InChI is InChI=1S/C49H41N4.Pt/c1-33-14-13-15-34(2)48(33)37-27-36(28-40(30-37)52-32-51(39-16-7-6-8-17-39)44-20-11-12-21-45(44)52)26-35-22-23-42-41-18-9-10-19-43(41)53(46(42)29-35)47-31-38(24-25-50-47)49(3,4)5;/h6-25,27,30-32H,26H2,1-5H3;/q-3;. The van der Waals surface area contributed by atoms with Crippen molar-refractivity contribution in [3.8, 4) is 16.9 Å². The summed E-state index contributed by atoms with van der Waals surface area (Å²) in [6, 6.07) is 55.5. The first-order valence-corrected chi connectivity index (χ1v) is 18.3. The van der Waals surface area contributed by atoms with E-state index in [0.29, 0.717) is 6.42 Å². The van der Waals surface area contributed by atoms with Crippen LogP contribution in [-0.2, 0) is 32.9 Å². The maximum atomic E-state index is 4.90. The summed E-state index contributed by atoms with van der Waals surface area (Å²) in [5.74, 6) is 0.911. The molecule has 0 bridgehead atoms. The second kappa shape index (κ2) is 14.1. The van der Waals surface area contributed by atoms with Crippen LogP contribution in [0.3, 0.4) is 0 Å². The molecule has 0 amide bonds. The maximum absolute atomic E-state index is 4.90. The molecule has 9 rings (SSSR count). The normalized spacial score (nSPS) is 12.7. The summed E-state index contributed by atoms with van der Waals surface area (Å²) in [7, 11) is 0. The predicted octanol–water partition coefficient (Wildman–Crippen LogP) is 12.4. The number of aromatic nitrogens is 2. The van der Waals surface area contributed by atoms with Crippen molar-refractivity contribution in [2.45, 2.75) is 46.5 Å². The third-order valence-corrected chi connectivity index (χ3v) is 10.5. The molecule has 8 aromatic rings. The number of hydrogen-bond donors (Lipinski definition) is 0. The smallest absolute Gasteiger partial charge is 0.135 e. The van der Waals surface area contributed by atoms with Gasteiger partial charge in [0.2, 0.25) is 0 Å². The van der Waals surface area contributed by atoms with Gasteiger partial charge < -0.3 is 14.4 Å². The number of para-hydroxylation sites is 4. The molecule has 0 N–H and O–H groups in total. The molecule has 1 aliphatic heterocycles. The van der Waals surface area contributed by atoms with Crippen LogP contribution >= 0.6 is 0 Å². The van der Waals surface area contributed by atoms with E-state index in [4.69, 9.17) is 4.98 Å². The van der Waals surface area contributed by atoms with Crippen LogP contribution in [0.4, 0.5) is 22.7 Å². The average Bonchev–Trinajstić information content (AvgIpc) is 3.71. The van der Waals surface area contributed by atoms with Crippen molar-refractivity contribution in [2.24, 2.45) is 0 Å². The van der Waals surface area contributed by atoms with Crippen LogP contribution in [0.25, 0.3) is 38.8 Å². The van der Waals surface area contributed by atoms with Crippen LogP contribution in [0.5, 0.6) is 0 Å². The Kier molecular flexibility index (Phi) is 9.28. The van der Waals surface area contributed by atoms with Gasteiger partial charge in [-0.25, -0.2) is 4.98 Å². The first-order chi connectivity index (χ1) is 25.7. The quantitative estimate of drug-likeness (QED) is 0.156. The minimum atomic E-state index is 0. The molecule has 6 aromatic carbocycles. The molecular formula is C49H41N4Pt-3. The molecule has 1 aliphatic rings. The third-order valence-electron chi connectivity index (χ3n) is 10.5. The molecule has 0 unspecified atom stereocenters. The van der Waals surface area contributed by atoms with Crippen molar-refractivity contribution >= 4 is 44.6 Å². The van der Waals surface area contributed by atoms with Crippen molar-refractivity contribution in [1.82, 2.24) is 9.55 Å². The van der Waals surface area contributed by atoms with E-state index in [1.165, 1.54) is 38.6 Å². The average molecular weight is 881 g/mol. The molecule has 4 nitrogen and oxygen atoms in total. The fraction of sp³-hybridized carbons (Fsp3) is 0.143. The van der Waals surface area contributed by atoms with E-state index < -0.39 is 0 Å². The van der Waals surface area contributed by atoms with Crippen molar-refractivity contribution < 1.29 is 21.1 Å². The van der Waals surface area contributed by atoms with Crippen LogP contribution in [0.15, 0.2) is 140 Å². The Bertz CT molecular complexity index is 2630. The van der Waals surface area contributed by atoms with Gasteiger partial charge in [-0.1, -0.05) is 93.0 Å². The van der Waals surface area contributed by atoms with Gasteiger partial charge in [0.15, 0.2) is 0 Å². The summed E-state index contributed by atoms with van der Waals surface area (Å²) in [6.07, 6.45) is 2.61. The number of fused-ring (bicyclic) bond motifs is 4. The second-order valence-corrected chi connectivity index (χ2v) is 15.2. The fourth-order valence-corrected chi connectivity index (χ4v) is 7.84. The zero-order chi connectivity index (χ0) is 36.3. The summed E-state index contributed by atoms with van der Waals surface area (Å²) >= 11 is 0. The van der Waals surface area contributed by atoms with Gasteiger partial charge in [-0.05, 0) is 95.8 Å². The minimum absolute atomic E-state index is 0. The molecule has 0 aliphatic carbocycles. The predicted molar refractivity (Wildman–Crippen MR) is 221 cm³/mol. The first kappa shape index (κ1) is 35.6. The molecule has 0 radical (unpaired) electrons. The van der Waals surface area contributed by atoms with Crippen LogP contribution in [0.2, 0.25) is 0 Å². The molecule has 0 atom stereocenters. The zero-order valence-corrected chi connectivity index (χ0v) is 33.4. The van der Waals surface area contributed by atoms with Crippen molar-refractivity contribution in [3.05, 3.63) is 186 Å². The molecule has 54 heavy (non-hydrogen) atoms. The van der Waals surface area contributed by atoms with E-state index in [-0.39, 0.29) is 26.5 Å². The molecular weight excluding hydrogens is 840 g/mol. The number of anilines is 4. The summed E-state index contributed by atoms with van der Waals surface area (Å²) in [4.78, 5) is 9.44. The van der Waals surface area contributed by atoms with E-state index in [2.05, 4.69) is 201 Å². The Morgan fingerprint density at radius 2 is 1.35 bits per heavy atom. The van der Waals surface area contributed by atoms with Gasteiger partial charge in [-0.15, -0.1) is 29.4 Å². The Morgan fingerprint density at radius 3 is 2.11 bits per heavy atom. The molecule has 5 heteroatoms. The van der Waals surface area contributed by atoms with E-state index in [0.717, 1.165) is 50.7 Å². The summed E-state index contributed by atoms with van der Waals surface area (Å²) in [5, 5.41) is 2.37. The van der Waals surface area contributed by atoms with E-state index in [9.17, 15) is 0 Å². The number of rotatable bonds is 6. The molecule has 0 saturated heterocycles. The van der Waals surface area contributed by atoms with Gasteiger partial charge in [0, 0.05) is 49.8 Å². The van der Waals surface area contributed by atoms with Gasteiger partial charge >= 0.3 is 0 Å². The molecule has 3 heterocycles. The fourth-order valence-electron chi connectivity index (χ4n) is 7.84. The third kappa shape index (κ3) is 6.33. The van der Waals surface area contributed by atoms with E-state index >= 15 is 0 Å². The molecule has 0 saturated carbocycles. The van der Waals surface area contributed by atoms with E-state index in [1.54, 1.807) is 0 Å². The molecule has 0 fully saturated rings. The van der Waals surface area contributed by atoms with Gasteiger partial charge in [0.25, 0.3) is 0 Å². The first-order valence-electron chi connectivity index (χ1n) is 18.3. The molecule has 270 valence electrons. The van der Waals surface area contributed by atoms with Crippen LogP contribution in [0.1, 0.15) is 48.6 Å². The summed E-state index contributed by atoms with van der Waals surface area (Å²) < 4.78 is 2.28. The van der Waals surface area contributed by atoms with Gasteiger partial charge in [-0.3, -0.25) is 0 Å². The summed E-state index contributed by atoms with van der Waals surface area (Å²) in [6.45, 7) is 13.3. The van der Waals surface area contributed by atoms with Crippen molar-refractivity contribution in [2.75, 3.05) is 9.80 Å². The van der Waals surface area contributed by atoms with E-state index in [1.807, 2.05) is 6.20 Å². The largest absolute Gasteiger partial charge is 0.493 e. The van der Waals surface area contributed by atoms with Crippen LogP contribution in [-0.4, -0.2) is 9.55 Å². The Hall–Kier alpha value is -5.44. The second-order valence-electron chi connectivity index (χ2n) is 15.2. The number of aryl methyl sites for hydroxylation is 2. The Balaban J connectivity index is 0.00000413. The monoisotopic (exact) mass is 880 g/mol. The van der Waals surface area contributed by atoms with Gasteiger partial charge in [0.1, 0.15) is 5.82 Å². The topological polar surface area (TPSA) is 24.3 Å². The van der Waals surface area contributed by atoms with Gasteiger partial charge in [0.05, 0.1) is 0 Å². The summed E-state index contributed by atoms with van der Waals surface area (Å²) in [5.41, 5.74) is 15.0. The van der Waals surface area contributed by atoms with Crippen molar-refractivity contribution in [3.63, 3.8) is 0 Å². The number of pyridine rings is 1. The Morgan fingerprint density at radius 1 is 0.648 bits per heavy atom. The zero-order valence-electron chi connectivity index (χ0n) is 31.2. The SMILES string of the molecule is Cc1cccc(C)c1-c1cc(Cc2[c-]c3c(cc2)c2ccccc2n3-c2cc(C(C)(C)C)ccn2)[c-]c(N2[CH-]N(c3ccccc3)c3ccccc32)c1.[Pt]. The molecule has 0 spiro atoms. The number of hydrogen-bond acceptors (Lipinski definition) is 3. The van der Waals surface area contributed by atoms with Crippen LogP contribution in [0, 0.1) is 32.6 Å². The number of benzene rings is 6. The van der Waals surface area contributed by atoms with Gasteiger partial charge in [-0.2, -0.15) is 41.5 Å². The molecule has 2 aromatic heterocycles. The van der Waals surface area contributed by atoms with Crippen LogP contribution < -0.4 is 9.80 Å². The minimum Gasteiger partial charge on any atom is -0.493 e. The Labute approximate surface area is 333 Å².